The number of halogens is 1. The Labute approximate surface area is 178 Å². The highest BCUT2D eigenvalue weighted by atomic mass is 32.1. The van der Waals surface area contributed by atoms with Gasteiger partial charge in [-0.05, 0) is 29.8 Å². The summed E-state index contributed by atoms with van der Waals surface area (Å²) in [6.45, 7) is 7.86. The van der Waals surface area contributed by atoms with Crippen LogP contribution in [0.2, 0.25) is 0 Å². The molecule has 1 aliphatic heterocycles. The number of nitrogens with zero attached hydrogens (tertiary/aromatic N) is 3. The molecule has 6 nitrogen and oxygen atoms in total. The topological polar surface area (TPSA) is 74.3 Å². The number of morpholine rings is 1. The van der Waals surface area contributed by atoms with Crippen LogP contribution in [-0.4, -0.2) is 58.1 Å². The molecule has 2 N–H and O–H groups in total. The molecule has 8 heteroatoms. The van der Waals surface area contributed by atoms with Gasteiger partial charge < -0.3 is 9.84 Å². The van der Waals surface area contributed by atoms with Gasteiger partial charge in [-0.25, -0.2) is 9.37 Å². The van der Waals surface area contributed by atoms with Crippen LogP contribution in [0.4, 0.5) is 4.39 Å². The number of aliphatic hydroxyl groups excluding tert-OH is 1. The average molecular weight is 427 g/mol. The van der Waals surface area contributed by atoms with E-state index in [0.29, 0.717) is 11.2 Å². The van der Waals surface area contributed by atoms with Crippen LogP contribution in [0, 0.1) is 0 Å². The van der Waals surface area contributed by atoms with Crippen LogP contribution in [0.5, 0.6) is 0 Å². The normalized spacial score (nSPS) is 16.0. The van der Waals surface area contributed by atoms with Crippen molar-refractivity contribution in [2.75, 3.05) is 32.9 Å². The van der Waals surface area contributed by atoms with Gasteiger partial charge in [0.25, 0.3) is 0 Å². The molecule has 0 aliphatic carbocycles. The molecule has 1 aliphatic rings. The Bertz CT molecular complexity index is 1100. The SMILES string of the molecule is C=C(/C=C\C=C(\F)CO)c1[nH]nc2ncc(-c3ccc(CN4CCOCC4)s3)cc12. The number of H-pyrrole nitrogens is 1. The Hall–Kier alpha value is -2.65. The third kappa shape index (κ3) is 4.73. The number of aromatic amines is 1. The van der Waals surface area contributed by atoms with Gasteiger partial charge in [0.15, 0.2) is 5.65 Å². The first-order valence-electron chi connectivity index (χ1n) is 9.70. The fourth-order valence-corrected chi connectivity index (χ4v) is 4.31. The summed E-state index contributed by atoms with van der Waals surface area (Å²) >= 11 is 1.76. The number of hydrogen-bond donors (Lipinski definition) is 2. The fourth-order valence-electron chi connectivity index (χ4n) is 3.28. The summed E-state index contributed by atoms with van der Waals surface area (Å²) in [7, 11) is 0. The van der Waals surface area contributed by atoms with Gasteiger partial charge in [0.1, 0.15) is 5.83 Å². The molecule has 0 bridgehead atoms. The summed E-state index contributed by atoms with van der Waals surface area (Å²) < 4.78 is 18.5. The zero-order chi connectivity index (χ0) is 20.9. The highest BCUT2D eigenvalue weighted by molar-refractivity contribution is 7.15. The molecule has 4 rings (SSSR count). The van der Waals surface area contributed by atoms with E-state index >= 15 is 0 Å². The summed E-state index contributed by atoms with van der Waals surface area (Å²) in [5.74, 6) is -0.608. The molecule has 0 spiro atoms. The lowest BCUT2D eigenvalue weighted by Gasteiger charge is -2.25. The highest BCUT2D eigenvalue weighted by Crippen LogP contribution is 2.32. The zero-order valence-corrected chi connectivity index (χ0v) is 17.3. The van der Waals surface area contributed by atoms with Crippen LogP contribution < -0.4 is 0 Å². The first-order valence-corrected chi connectivity index (χ1v) is 10.5. The van der Waals surface area contributed by atoms with Crippen LogP contribution in [0.25, 0.3) is 27.0 Å². The van der Waals surface area contributed by atoms with E-state index in [1.807, 2.05) is 6.20 Å². The Kier molecular flexibility index (Phi) is 6.49. The van der Waals surface area contributed by atoms with Crippen molar-refractivity contribution in [1.29, 1.82) is 0 Å². The second-order valence-electron chi connectivity index (χ2n) is 7.00. The van der Waals surface area contributed by atoms with E-state index in [2.05, 4.69) is 44.9 Å². The molecule has 0 amide bonds. The minimum absolute atomic E-state index is 0.602. The maximum absolute atomic E-state index is 13.1. The number of fused-ring (bicyclic) bond motifs is 1. The first-order chi connectivity index (χ1) is 14.6. The van der Waals surface area contributed by atoms with E-state index in [-0.39, 0.29) is 0 Å². The number of rotatable bonds is 7. The predicted molar refractivity (Wildman–Crippen MR) is 118 cm³/mol. The van der Waals surface area contributed by atoms with E-state index in [4.69, 9.17) is 9.84 Å². The number of hydrogen-bond acceptors (Lipinski definition) is 6. The third-order valence-electron chi connectivity index (χ3n) is 4.89. The van der Waals surface area contributed by atoms with E-state index in [1.54, 1.807) is 17.4 Å². The van der Waals surface area contributed by atoms with Crippen molar-refractivity contribution in [2.24, 2.45) is 0 Å². The van der Waals surface area contributed by atoms with E-state index in [0.717, 1.165) is 54.4 Å². The lowest BCUT2D eigenvalue weighted by atomic mass is 10.1. The van der Waals surface area contributed by atoms with Crippen molar-refractivity contribution in [3.8, 4) is 10.4 Å². The third-order valence-corrected chi connectivity index (χ3v) is 6.00. The van der Waals surface area contributed by atoms with Gasteiger partial charge >= 0.3 is 0 Å². The Balaban J connectivity index is 1.55. The van der Waals surface area contributed by atoms with Gasteiger partial charge in [-0.3, -0.25) is 10.00 Å². The second kappa shape index (κ2) is 9.44. The summed E-state index contributed by atoms with van der Waals surface area (Å²) in [6.07, 6.45) is 6.21. The maximum atomic E-state index is 13.1. The van der Waals surface area contributed by atoms with Gasteiger partial charge in [0.05, 0.1) is 25.5 Å². The van der Waals surface area contributed by atoms with Crippen LogP contribution in [-0.2, 0) is 11.3 Å². The average Bonchev–Trinajstić information content (AvgIpc) is 3.40. The van der Waals surface area contributed by atoms with Crippen molar-refractivity contribution < 1.29 is 14.2 Å². The molecule has 0 aromatic carbocycles. The van der Waals surface area contributed by atoms with Crippen molar-refractivity contribution >= 4 is 27.9 Å². The number of aromatic nitrogens is 3. The summed E-state index contributed by atoms with van der Waals surface area (Å²) in [5.41, 5.74) is 3.01. The fraction of sp³-hybridized carbons (Fsp3) is 0.273. The molecular weight excluding hydrogens is 403 g/mol. The quantitative estimate of drug-likeness (QED) is 0.560. The van der Waals surface area contributed by atoms with Crippen molar-refractivity contribution in [3.05, 3.63) is 65.6 Å². The molecular formula is C22H23FN4O2S. The van der Waals surface area contributed by atoms with Gasteiger partial charge in [0, 0.05) is 46.5 Å². The number of nitrogens with one attached hydrogen (secondary N) is 1. The summed E-state index contributed by atoms with van der Waals surface area (Å²) in [6, 6.07) is 6.34. The standard InChI is InChI=1S/C22H23FN4O2S/c1-15(3-2-4-17(23)14-28)21-19-11-16(12-24-22(19)26-25-21)20-6-5-18(30-20)13-27-7-9-29-10-8-27/h2-6,11-12,28H,1,7-10,13-14H2,(H,24,25,26)/b3-2-,17-4+. The van der Waals surface area contributed by atoms with Gasteiger partial charge in [-0.2, -0.15) is 5.10 Å². The molecule has 0 saturated carbocycles. The molecule has 4 heterocycles. The Morgan fingerprint density at radius 3 is 3.00 bits per heavy atom. The highest BCUT2D eigenvalue weighted by Gasteiger charge is 2.14. The van der Waals surface area contributed by atoms with Gasteiger partial charge in [-0.1, -0.05) is 18.7 Å². The van der Waals surface area contributed by atoms with E-state index in [1.165, 1.54) is 17.0 Å². The summed E-state index contributed by atoms with van der Waals surface area (Å²) in [4.78, 5) is 9.33. The number of thiophene rings is 1. The van der Waals surface area contributed by atoms with Crippen LogP contribution in [0.15, 0.2) is 55.0 Å². The van der Waals surface area contributed by atoms with Crippen molar-refractivity contribution in [2.45, 2.75) is 6.54 Å². The van der Waals surface area contributed by atoms with Gasteiger partial charge in [0.2, 0.25) is 0 Å². The van der Waals surface area contributed by atoms with Crippen molar-refractivity contribution in [1.82, 2.24) is 20.1 Å². The van der Waals surface area contributed by atoms with E-state index < -0.39 is 12.4 Å². The second-order valence-corrected chi connectivity index (χ2v) is 8.17. The predicted octanol–water partition coefficient (Wildman–Crippen LogP) is 3.93. The molecule has 30 heavy (non-hydrogen) atoms. The smallest absolute Gasteiger partial charge is 0.181 e. The lowest BCUT2D eigenvalue weighted by molar-refractivity contribution is 0.0346. The number of aliphatic hydroxyl groups is 1. The Morgan fingerprint density at radius 1 is 1.37 bits per heavy atom. The lowest BCUT2D eigenvalue weighted by Crippen LogP contribution is -2.35. The zero-order valence-electron chi connectivity index (χ0n) is 16.5. The minimum Gasteiger partial charge on any atom is -0.389 e. The molecule has 3 aromatic rings. The summed E-state index contributed by atoms with van der Waals surface area (Å²) in [5, 5.41) is 16.8. The molecule has 0 unspecified atom stereocenters. The monoisotopic (exact) mass is 426 g/mol. The molecule has 1 fully saturated rings. The van der Waals surface area contributed by atoms with Crippen LogP contribution >= 0.6 is 11.3 Å². The first kappa shape index (κ1) is 20.6. The van der Waals surface area contributed by atoms with Crippen molar-refractivity contribution in [3.63, 3.8) is 0 Å². The van der Waals surface area contributed by atoms with E-state index in [9.17, 15) is 4.39 Å². The number of allylic oxidation sites excluding steroid dienone is 4. The number of ether oxygens (including phenoxy) is 1. The molecule has 3 aromatic heterocycles. The Morgan fingerprint density at radius 2 is 2.20 bits per heavy atom. The number of pyridine rings is 1. The molecule has 0 atom stereocenters. The molecule has 156 valence electrons. The molecule has 1 saturated heterocycles. The van der Waals surface area contributed by atoms with Crippen LogP contribution in [0.1, 0.15) is 10.6 Å². The van der Waals surface area contributed by atoms with Gasteiger partial charge in [-0.15, -0.1) is 11.3 Å². The maximum Gasteiger partial charge on any atom is 0.181 e. The largest absolute Gasteiger partial charge is 0.389 e. The van der Waals surface area contributed by atoms with Crippen LogP contribution in [0.3, 0.4) is 0 Å². The molecule has 0 radical (unpaired) electrons. The minimum atomic E-state index is -0.620.